The molecule has 3 heteroatoms. The van der Waals surface area contributed by atoms with Crippen LogP contribution >= 0.6 is 0 Å². The van der Waals surface area contributed by atoms with Crippen molar-refractivity contribution in [3.63, 3.8) is 0 Å². The van der Waals surface area contributed by atoms with Gasteiger partial charge in [-0.2, -0.15) is 0 Å². The standard InChI is InChI=1S/C48H80N2.Ni/c1-7-13-19-21-22-28-34-48(50-46-38-36-42(30-24-16-10-4)44(40-46)32-26-18-12-6)47(33-27-20-14-8-2)49-45-37-35-41(29-23-15-9-3)43(39-45)31-25-17-11-5;/h35-40H,7-34H2,1-6H3;. The van der Waals surface area contributed by atoms with Crippen molar-refractivity contribution in [3.8, 4) is 0 Å². The van der Waals surface area contributed by atoms with Crippen LogP contribution in [0.3, 0.4) is 0 Å². The first-order chi connectivity index (χ1) is 24.6. The molecule has 0 heterocycles. The van der Waals surface area contributed by atoms with E-state index in [0.29, 0.717) is 0 Å². The average Bonchev–Trinajstić information content (AvgIpc) is 3.12. The Morgan fingerprint density at radius 2 is 0.647 bits per heavy atom. The van der Waals surface area contributed by atoms with Crippen molar-refractivity contribution in [1.82, 2.24) is 0 Å². The van der Waals surface area contributed by atoms with Crippen LogP contribution in [0.1, 0.15) is 218 Å². The third kappa shape index (κ3) is 20.9. The predicted molar refractivity (Wildman–Crippen MR) is 227 cm³/mol. The molecule has 0 aliphatic heterocycles. The summed E-state index contributed by atoms with van der Waals surface area (Å²) in [6.07, 6.45) is 35.1. The van der Waals surface area contributed by atoms with Crippen LogP contribution in [0.2, 0.25) is 0 Å². The van der Waals surface area contributed by atoms with E-state index in [-0.39, 0.29) is 16.5 Å². The quantitative estimate of drug-likeness (QED) is 0.0417. The Balaban J connectivity index is 0.0000130. The Hall–Kier alpha value is -1.73. The molecule has 0 radical (unpaired) electrons. The molecule has 51 heavy (non-hydrogen) atoms. The molecule has 0 aliphatic carbocycles. The smallest absolute Gasteiger partial charge is 0.0636 e. The van der Waals surface area contributed by atoms with Crippen LogP contribution in [-0.4, -0.2) is 11.4 Å². The first-order valence-corrected chi connectivity index (χ1v) is 22.0. The molecule has 0 saturated heterocycles. The number of aliphatic imine (C=N–C) groups is 2. The maximum Gasteiger partial charge on any atom is 0.0636 e. The van der Waals surface area contributed by atoms with Gasteiger partial charge in [-0.15, -0.1) is 0 Å². The normalized spacial score (nSPS) is 12.0. The van der Waals surface area contributed by atoms with Gasteiger partial charge in [-0.3, -0.25) is 9.98 Å². The van der Waals surface area contributed by atoms with E-state index in [1.54, 1.807) is 11.1 Å². The zero-order valence-electron chi connectivity index (χ0n) is 34.5. The van der Waals surface area contributed by atoms with E-state index in [2.05, 4.69) is 77.9 Å². The number of hydrogen-bond acceptors (Lipinski definition) is 2. The molecule has 2 rings (SSSR count). The van der Waals surface area contributed by atoms with Crippen LogP contribution in [0.25, 0.3) is 0 Å². The molecule has 0 amide bonds. The average molecular weight is 744 g/mol. The first kappa shape index (κ1) is 47.3. The zero-order valence-corrected chi connectivity index (χ0v) is 35.5. The molecule has 0 unspecified atom stereocenters. The molecule has 0 spiro atoms. The third-order valence-electron chi connectivity index (χ3n) is 10.5. The number of unbranched alkanes of at least 4 members (excludes halogenated alkanes) is 16. The molecule has 2 nitrogen and oxygen atoms in total. The number of nitrogens with zero attached hydrogens (tertiary/aromatic N) is 2. The minimum absolute atomic E-state index is 0. The summed E-state index contributed by atoms with van der Waals surface area (Å²) < 4.78 is 0. The van der Waals surface area contributed by atoms with Gasteiger partial charge in [0.05, 0.1) is 22.8 Å². The minimum Gasteiger partial charge on any atom is -0.252 e. The second kappa shape index (κ2) is 31.8. The van der Waals surface area contributed by atoms with Crippen molar-refractivity contribution >= 4 is 22.8 Å². The van der Waals surface area contributed by atoms with Crippen molar-refractivity contribution in [2.75, 3.05) is 0 Å². The third-order valence-corrected chi connectivity index (χ3v) is 10.5. The van der Waals surface area contributed by atoms with Crippen LogP contribution in [0, 0.1) is 0 Å². The molecule has 0 atom stereocenters. The van der Waals surface area contributed by atoms with Crippen LogP contribution in [0.5, 0.6) is 0 Å². The topological polar surface area (TPSA) is 24.7 Å². The summed E-state index contributed by atoms with van der Waals surface area (Å²) in [4.78, 5) is 11.1. The summed E-state index contributed by atoms with van der Waals surface area (Å²) in [6.45, 7) is 13.9. The van der Waals surface area contributed by atoms with Crippen LogP contribution < -0.4 is 0 Å². The van der Waals surface area contributed by atoms with E-state index in [1.165, 1.54) is 189 Å². The van der Waals surface area contributed by atoms with E-state index in [0.717, 1.165) is 24.2 Å². The van der Waals surface area contributed by atoms with Crippen molar-refractivity contribution in [1.29, 1.82) is 0 Å². The second-order valence-corrected chi connectivity index (χ2v) is 15.2. The molecule has 0 aromatic heterocycles. The van der Waals surface area contributed by atoms with Gasteiger partial charge in [0.1, 0.15) is 0 Å². The Bertz CT molecular complexity index is 1200. The molecule has 2 aromatic rings. The van der Waals surface area contributed by atoms with Gasteiger partial charge < -0.3 is 0 Å². The SMILES string of the molecule is CCCCCCCCC(=Nc1ccc(CCCCC)c(CCCCC)c1)C(CCCCCC)=Nc1ccc(CCCCC)c(CCCCC)c1.[Ni]. The molecule has 0 bridgehead atoms. The molecule has 292 valence electrons. The summed E-state index contributed by atoms with van der Waals surface area (Å²) in [6, 6.07) is 14.4. The Morgan fingerprint density at radius 3 is 1.02 bits per heavy atom. The van der Waals surface area contributed by atoms with Gasteiger partial charge >= 0.3 is 0 Å². The van der Waals surface area contributed by atoms with Gasteiger partial charge in [-0.05, 0) is 124 Å². The molecule has 0 fully saturated rings. The van der Waals surface area contributed by atoms with Crippen LogP contribution in [0.15, 0.2) is 46.4 Å². The fraction of sp³-hybridized carbons (Fsp3) is 0.708. The van der Waals surface area contributed by atoms with Gasteiger partial charge in [-0.1, -0.05) is 156 Å². The number of benzene rings is 2. The maximum atomic E-state index is 5.55. The molecule has 0 aliphatic rings. The van der Waals surface area contributed by atoms with Gasteiger partial charge in [0.15, 0.2) is 0 Å². The van der Waals surface area contributed by atoms with E-state index in [1.807, 2.05) is 0 Å². The largest absolute Gasteiger partial charge is 0.252 e. The Labute approximate surface area is 327 Å². The first-order valence-electron chi connectivity index (χ1n) is 22.0. The minimum atomic E-state index is 0. The van der Waals surface area contributed by atoms with Crippen molar-refractivity contribution in [3.05, 3.63) is 58.7 Å². The summed E-state index contributed by atoms with van der Waals surface area (Å²) in [5, 5.41) is 0. The predicted octanol–water partition coefficient (Wildman–Crippen LogP) is 16.2. The van der Waals surface area contributed by atoms with Gasteiger partial charge in [0.25, 0.3) is 0 Å². The second-order valence-electron chi connectivity index (χ2n) is 15.2. The molecular weight excluding hydrogens is 663 g/mol. The van der Waals surface area contributed by atoms with Gasteiger partial charge in [0, 0.05) is 16.5 Å². The monoisotopic (exact) mass is 743 g/mol. The summed E-state index contributed by atoms with van der Waals surface area (Å²) in [7, 11) is 0. The van der Waals surface area contributed by atoms with Gasteiger partial charge in [-0.25, -0.2) is 0 Å². The van der Waals surface area contributed by atoms with E-state index < -0.39 is 0 Å². The summed E-state index contributed by atoms with van der Waals surface area (Å²) in [5.74, 6) is 0. The van der Waals surface area contributed by atoms with E-state index in [4.69, 9.17) is 9.98 Å². The summed E-state index contributed by atoms with van der Waals surface area (Å²) in [5.41, 5.74) is 10.9. The van der Waals surface area contributed by atoms with E-state index in [9.17, 15) is 0 Å². The maximum absolute atomic E-state index is 5.55. The Kier molecular flexibility index (Phi) is 29.5. The summed E-state index contributed by atoms with van der Waals surface area (Å²) >= 11 is 0. The molecule has 0 N–H and O–H groups in total. The van der Waals surface area contributed by atoms with Crippen molar-refractivity contribution in [2.24, 2.45) is 9.98 Å². The molecule has 0 saturated carbocycles. The van der Waals surface area contributed by atoms with Gasteiger partial charge in [0.2, 0.25) is 0 Å². The molecular formula is C48H80N2Ni. The van der Waals surface area contributed by atoms with Crippen molar-refractivity contribution in [2.45, 2.75) is 221 Å². The Morgan fingerprint density at radius 1 is 0.353 bits per heavy atom. The fourth-order valence-corrected chi connectivity index (χ4v) is 7.21. The van der Waals surface area contributed by atoms with Crippen LogP contribution in [-0.2, 0) is 42.2 Å². The zero-order chi connectivity index (χ0) is 36.1. The number of hydrogen-bond donors (Lipinski definition) is 0. The number of aryl methyl sites for hydroxylation is 4. The number of rotatable bonds is 31. The fourth-order valence-electron chi connectivity index (χ4n) is 7.21. The van der Waals surface area contributed by atoms with E-state index >= 15 is 0 Å². The molecule has 2 aromatic carbocycles. The van der Waals surface area contributed by atoms with Crippen molar-refractivity contribution < 1.29 is 16.5 Å². The van der Waals surface area contributed by atoms with Crippen LogP contribution in [0.4, 0.5) is 11.4 Å².